The van der Waals surface area contributed by atoms with Gasteiger partial charge < -0.3 is 10.6 Å². The fourth-order valence-corrected chi connectivity index (χ4v) is 5.09. The van der Waals surface area contributed by atoms with Crippen LogP contribution in [-0.4, -0.2) is 33.8 Å². The fraction of sp³-hybridized carbons (Fsp3) is 0.238. The highest BCUT2D eigenvalue weighted by Gasteiger charge is 2.31. The van der Waals surface area contributed by atoms with E-state index in [1.54, 1.807) is 11.3 Å². The average Bonchev–Trinajstić information content (AvgIpc) is 3.25. The molecule has 6 nitrogen and oxygen atoms in total. The summed E-state index contributed by atoms with van der Waals surface area (Å²) in [5.41, 5.74) is 3.91. The second-order valence-electron chi connectivity index (χ2n) is 6.70. The molecule has 1 aliphatic rings. The van der Waals surface area contributed by atoms with Crippen molar-refractivity contribution in [3.63, 3.8) is 0 Å². The van der Waals surface area contributed by atoms with E-state index in [0.717, 1.165) is 20.8 Å². The van der Waals surface area contributed by atoms with E-state index in [1.807, 2.05) is 37.3 Å². The van der Waals surface area contributed by atoms with E-state index in [1.165, 1.54) is 17.3 Å². The second kappa shape index (κ2) is 8.34. The molecule has 29 heavy (non-hydrogen) atoms. The summed E-state index contributed by atoms with van der Waals surface area (Å²) in [7, 11) is 0. The van der Waals surface area contributed by atoms with Gasteiger partial charge in [-0.25, -0.2) is 4.98 Å². The Balaban J connectivity index is 1.40. The number of rotatable bonds is 5. The Labute approximate surface area is 176 Å². The van der Waals surface area contributed by atoms with Crippen molar-refractivity contribution in [2.45, 2.75) is 25.5 Å². The summed E-state index contributed by atoms with van der Waals surface area (Å²) in [4.78, 5) is 33.1. The van der Waals surface area contributed by atoms with Crippen molar-refractivity contribution in [1.82, 2.24) is 10.3 Å². The molecule has 3 aromatic rings. The quantitative estimate of drug-likeness (QED) is 0.643. The number of hydrogen-bond acceptors (Lipinski definition) is 6. The average molecular weight is 425 g/mol. The van der Waals surface area contributed by atoms with Crippen LogP contribution in [0.5, 0.6) is 0 Å². The largest absolute Gasteiger partial charge is 0.326 e. The van der Waals surface area contributed by atoms with Crippen LogP contribution in [0.2, 0.25) is 0 Å². The van der Waals surface area contributed by atoms with E-state index >= 15 is 0 Å². The minimum atomic E-state index is -0.439. The molecule has 2 amide bonds. The first-order valence-electron chi connectivity index (χ1n) is 9.31. The van der Waals surface area contributed by atoms with Gasteiger partial charge in [0.25, 0.3) is 0 Å². The SMILES string of the molecule is CCN=C1NC(=O)[C@H](CC(=O)Nc2ccc(-c3nc4ccc(C)cc4s3)cc2)S1. The molecule has 1 aromatic heterocycles. The molecular weight excluding hydrogens is 404 g/mol. The molecule has 4 rings (SSSR count). The number of amides is 2. The Bertz CT molecular complexity index is 1110. The normalized spacial score (nSPS) is 17.7. The number of nitrogens with zero attached hydrogens (tertiary/aromatic N) is 2. The van der Waals surface area contributed by atoms with Crippen LogP contribution in [0.3, 0.4) is 0 Å². The molecule has 1 saturated heterocycles. The van der Waals surface area contributed by atoms with Crippen molar-refractivity contribution in [1.29, 1.82) is 0 Å². The van der Waals surface area contributed by atoms with E-state index < -0.39 is 5.25 Å². The number of nitrogens with one attached hydrogen (secondary N) is 2. The minimum Gasteiger partial charge on any atom is -0.326 e. The number of thiazole rings is 1. The van der Waals surface area contributed by atoms with Crippen molar-refractivity contribution in [3.8, 4) is 10.6 Å². The zero-order chi connectivity index (χ0) is 20.4. The maximum atomic E-state index is 12.3. The number of anilines is 1. The number of carbonyl (C=O) groups excluding carboxylic acids is 2. The number of fused-ring (bicyclic) bond motifs is 1. The third kappa shape index (κ3) is 4.49. The van der Waals surface area contributed by atoms with Gasteiger partial charge in [-0.2, -0.15) is 0 Å². The number of thioether (sulfide) groups is 1. The molecule has 8 heteroatoms. The maximum absolute atomic E-state index is 12.3. The summed E-state index contributed by atoms with van der Waals surface area (Å²) in [5, 5.41) is 6.66. The van der Waals surface area contributed by atoms with Crippen LogP contribution in [0.4, 0.5) is 5.69 Å². The highest BCUT2D eigenvalue weighted by molar-refractivity contribution is 8.15. The van der Waals surface area contributed by atoms with Crippen LogP contribution in [0, 0.1) is 6.92 Å². The predicted molar refractivity (Wildman–Crippen MR) is 121 cm³/mol. The summed E-state index contributed by atoms with van der Waals surface area (Å²) in [6.45, 7) is 4.57. The molecule has 2 N–H and O–H groups in total. The summed E-state index contributed by atoms with van der Waals surface area (Å²) >= 11 is 2.96. The van der Waals surface area contributed by atoms with Crippen molar-refractivity contribution in [2.75, 3.05) is 11.9 Å². The first kappa shape index (κ1) is 19.6. The predicted octanol–water partition coefficient (Wildman–Crippen LogP) is 4.21. The zero-order valence-electron chi connectivity index (χ0n) is 16.1. The lowest BCUT2D eigenvalue weighted by Gasteiger charge is -2.08. The maximum Gasteiger partial charge on any atom is 0.240 e. The molecule has 0 saturated carbocycles. The molecule has 0 aliphatic carbocycles. The van der Waals surface area contributed by atoms with Crippen molar-refractivity contribution in [2.24, 2.45) is 4.99 Å². The van der Waals surface area contributed by atoms with Gasteiger partial charge in [0.2, 0.25) is 11.8 Å². The van der Waals surface area contributed by atoms with Crippen LogP contribution < -0.4 is 10.6 Å². The number of carbonyl (C=O) groups is 2. The number of aliphatic imine (C=N–C) groups is 1. The molecule has 2 aromatic carbocycles. The highest BCUT2D eigenvalue weighted by atomic mass is 32.2. The van der Waals surface area contributed by atoms with E-state index in [0.29, 0.717) is 17.4 Å². The Morgan fingerprint density at radius 2 is 2.03 bits per heavy atom. The van der Waals surface area contributed by atoms with Gasteiger partial charge in [0.1, 0.15) is 10.3 Å². The Morgan fingerprint density at radius 3 is 2.79 bits per heavy atom. The molecule has 1 atom stereocenters. The van der Waals surface area contributed by atoms with E-state index in [9.17, 15) is 9.59 Å². The summed E-state index contributed by atoms with van der Waals surface area (Å²) in [6, 6.07) is 13.8. The molecule has 0 bridgehead atoms. The van der Waals surface area contributed by atoms with Crippen molar-refractivity contribution < 1.29 is 9.59 Å². The Hall–Kier alpha value is -2.71. The second-order valence-corrected chi connectivity index (χ2v) is 8.92. The molecule has 0 spiro atoms. The van der Waals surface area contributed by atoms with Crippen LogP contribution in [0.1, 0.15) is 18.9 Å². The summed E-state index contributed by atoms with van der Waals surface area (Å²) in [6.07, 6.45) is 0.109. The zero-order valence-corrected chi connectivity index (χ0v) is 17.7. The van der Waals surface area contributed by atoms with Gasteiger partial charge >= 0.3 is 0 Å². The molecule has 0 radical (unpaired) electrons. The monoisotopic (exact) mass is 424 g/mol. The topological polar surface area (TPSA) is 83.5 Å². The lowest BCUT2D eigenvalue weighted by molar-refractivity contribution is -0.122. The van der Waals surface area contributed by atoms with E-state index in [4.69, 9.17) is 0 Å². The number of hydrogen-bond donors (Lipinski definition) is 2. The summed E-state index contributed by atoms with van der Waals surface area (Å²) < 4.78 is 1.16. The van der Waals surface area contributed by atoms with Crippen LogP contribution in [0.25, 0.3) is 20.8 Å². The summed E-state index contributed by atoms with van der Waals surface area (Å²) in [5.74, 6) is -0.364. The van der Waals surface area contributed by atoms with Crippen molar-refractivity contribution in [3.05, 3.63) is 48.0 Å². The Kier molecular flexibility index (Phi) is 5.64. The number of amidine groups is 1. The van der Waals surface area contributed by atoms with Gasteiger partial charge in [-0.1, -0.05) is 17.8 Å². The smallest absolute Gasteiger partial charge is 0.240 e. The minimum absolute atomic E-state index is 0.109. The molecular formula is C21H20N4O2S2. The fourth-order valence-electron chi connectivity index (χ4n) is 2.99. The first-order chi connectivity index (χ1) is 14.0. The van der Waals surface area contributed by atoms with Crippen LogP contribution in [-0.2, 0) is 9.59 Å². The third-order valence-electron chi connectivity index (χ3n) is 4.41. The van der Waals surface area contributed by atoms with Gasteiger partial charge in [0.15, 0.2) is 5.17 Å². The lowest BCUT2D eigenvalue weighted by Crippen LogP contribution is -2.28. The van der Waals surface area contributed by atoms with Gasteiger partial charge in [0.05, 0.1) is 10.2 Å². The lowest BCUT2D eigenvalue weighted by atomic mass is 10.2. The Morgan fingerprint density at radius 1 is 1.24 bits per heavy atom. The van der Waals surface area contributed by atoms with Gasteiger partial charge in [-0.15, -0.1) is 11.3 Å². The number of benzene rings is 2. The highest BCUT2D eigenvalue weighted by Crippen LogP contribution is 2.31. The van der Waals surface area contributed by atoms with Crippen molar-refractivity contribution >= 4 is 56.0 Å². The van der Waals surface area contributed by atoms with Gasteiger partial charge in [-0.05, 0) is 55.8 Å². The molecule has 2 heterocycles. The number of aromatic nitrogens is 1. The standard InChI is InChI=1S/C21H20N4O2S2/c1-3-22-21-25-19(27)17(29-21)11-18(26)23-14-7-5-13(6-8-14)20-24-15-9-4-12(2)10-16(15)28-20/h4-10,17H,3,11H2,1-2H3,(H,23,26)(H,22,25,27)/t17-/m0/s1. The molecule has 1 fully saturated rings. The number of aryl methyl sites for hydroxylation is 1. The van der Waals surface area contributed by atoms with E-state index in [2.05, 4.69) is 39.7 Å². The van der Waals surface area contributed by atoms with Gasteiger partial charge in [0, 0.05) is 24.2 Å². The molecule has 148 valence electrons. The van der Waals surface area contributed by atoms with Crippen LogP contribution >= 0.6 is 23.1 Å². The molecule has 0 unspecified atom stereocenters. The van der Waals surface area contributed by atoms with E-state index in [-0.39, 0.29) is 18.2 Å². The van der Waals surface area contributed by atoms with Crippen LogP contribution in [0.15, 0.2) is 47.5 Å². The van der Waals surface area contributed by atoms with Gasteiger partial charge in [-0.3, -0.25) is 14.6 Å². The third-order valence-corrected chi connectivity index (χ3v) is 6.60. The first-order valence-corrected chi connectivity index (χ1v) is 11.0. The molecule has 1 aliphatic heterocycles.